The summed E-state index contributed by atoms with van der Waals surface area (Å²) in [5.41, 5.74) is 4.30. The van der Waals surface area contributed by atoms with Crippen LogP contribution in [0, 0.1) is 5.41 Å². The zero-order valence-electron chi connectivity index (χ0n) is 11.3. The van der Waals surface area contributed by atoms with Gasteiger partial charge >= 0.3 is 6.09 Å². The normalized spacial score (nSPS) is 34.4. The van der Waals surface area contributed by atoms with E-state index >= 15 is 0 Å². The molecule has 3 saturated carbocycles. The highest BCUT2D eigenvalue weighted by molar-refractivity contribution is 5.83. The van der Waals surface area contributed by atoms with Gasteiger partial charge in [0.15, 0.2) is 0 Å². The monoisotopic (exact) mass is 254 g/mol. The zero-order valence-corrected chi connectivity index (χ0v) is 11.3. The number of fused-ring (bicyclic) bond motifs is 2. The number of nitrogens with two attached hydrogens (primary N) is 1. The number of rotatable bonds is 2. The molecule has 0 aromatic heterocycles. The van der Waals surface area contributed by atoms with Gasteiger partial charge in [-0.15, -0.1) is 0 Å². The van der Waals surface area contributed by atoms with Gasteiger partial charge in [0.1, 0.15) is 5.60 Å². The fraction of sp³-hybridized carbons (Fsp3) is 0.846. The smallest absolute Gasteiger partial charge is 0.408 e. The van der Waals surface area contributed by atoms with Gasteiger partial charge in [-0.1, -0.05) is 6.42 Å². The molecule has 5 heteroatoms. The molecule has 0 radical (unpaired) electrons. The molecule has 0 aliphatic heterocycles. The molecule has 3 aliphatic carbocycles. The molecule has 0 spiro atoms. The first-order chi connectivity index (χ1) is 8.17. The second-order valence-electron chi connectivity index (χ2n) is 6.76. The third kappa shape index (κ3) is 2.31. The lowest BCUT2D eigenvalue weighted by Gasteiger charge is -2.58. The Kier molecular flexibility index (Phi) is 2.83. The van der Waals surface area contributed by atoms with E-state index in [1.807, 2.05) is 20.8 Å². The van der Waals surface area contributed by atoms with Crippen LogP contribution in [0.2, 0.25) is 0 Å². The van der Waals surface area contributed by atoms with E-state index in [2.05, 4.69) is 5.32 Å². The first kappa shape index (κ1) is 13.2. The lowest BCUT2D eigenvalue weighted by molar-refractivity contribution is -0.145. The van der Waals surface area contributed by atoms with Gasteiger partial charge in [-0.2, -0.15) is 0 Å². The highest BCUT2D eigenvalue weighted by Gasteiger charge is 2.61. The fourth-order valence-electron chi connectivity index (χ4n) is 3.33. The Morgan fingerprint density at radius 1 is 1.22 bits per heavy atom. The van der Waals surface area contributed by atoms with Crippen LogP contribution in [0.5, 0.6) is 0 Å². The number of alkyl carbamates (subject to hydrolysis) is 1. The Hall–Kier alpha value is -1.26. The van der Waals surface area contributed by atoms with E-state index in [9.17, 15) is 9.59 Å². The van der Waals surface area contributed by atoms with Crippen LogP contribution in [0.1, 0.15) is 52.9 Å². The lowest BCUT2D eigenvalue weighted by atomic mass is 9.49. The van der Waals surface area contributed by atoms with Crippen LogP contribution in [0.3, 0.4) is 0 Å². The summed E-state index contributed by atoms with van der Waals surface area (Å²) in [7, 11) is 0. The van der Waals surface area contributed by atoms with E-state index < -0.39 is 11.7 Å². The third-order valence-electron chi connectivity index (χ3n) is 3.95. The van der Waals surface area contributed by atoms with Crippen molar-refractivity contribution in [3.05, 3.63) is 0 Å². The van der Waals surface area contributed by atoms with Crippen molar-refractivity contribution in [3.63, 3.8) is 0 Å². The Morgan fingerprint density at radius 2 is 1.83 bits per heavy atom. The van der Waals surface area contributed by atoms with Gasteiger partial charge in [-0.05, 0) is 46.5 Å². The van der Waals surface area contributed by atoms with E-state index in [0.717, 1.165) is 19.3 Å². The van der Waals surface area contributed by atoms with Crippen LogP contribution >= 0.6 is 0 Å². The minimum atomic E-state index is -0.500. The average Bonchev–Trinajstić information content (AvgIpc) is 2.12. The maximum absolute atomic E-state index is 11.8. The molecule has 0 unspecified atom stereocenters. The topological polar surface area (TPSA) is 81.4 Å². The third-order valence-corrected chi connectivity index (χ3v) is 3.95. The predicted molar refractivity (Wildman–Crippen MR) is 66.8 cm³/mol. The lowest BCUT2D eigenvalue weighted by Crippen LogP contribution is -2.68. The first-order valence-electron chi connectivity index (χ1n) is 6.48. The summed E-state index contributed by atoms with van der Waals surface area (Å²) in [6, 6.07) is 0. The number of nitrogens with one attached hydrogen (secondary N) is 1. The van der Waals surface area contributed by atoms with Gasteiger partial charge in [0.05, 0.1) is 5.41 Å². The molecule has 2 bridgehead atoms. The van der Waals surface area contributed by atoms with E-state index in [1.165, 1.54) is 0 Å². The minimum absolute atomic E-state index is 0.233. The number of primary amides is 1. The van der Waals surface area contributed by atoms with Crippen LogP contribution in [0.4, 0.5) is 4.79 Å². The minimum Gasteiger partial charge on any atom is -0.444 e. The van der Waals surface area contributed by atoms with Crippen molar-refractivity contribution in [2.45, 2.75) is 64.0 Å². The molecular formula is C13H22N2O3. The Labute approximate surface area is 107 Å². The SMILES string of the molecule is CC(C)(C)OC(=O)NC12CCCC(C(N)=O)(C1)C2. The molecule has 3 rings (SSSR count). The molecule has 3 fully saturated rings. The van der Waals surface area contributed by atoms with Crippen molar-refractivity contribution in [3.8, 4) is 0 Å². The molecule has 3 N–H and O–H groups in total. The zero-order chi connectivity index (χ0) is 13.6. The van der Waals surface area contributed by atoms with E-state index in [1.54, 1.807) is 0 Å². The van der Waals surface area contributed by atoms with Gasteiger partial charge < -0.3 is 15.8 Å². The number of hydrogen-bond donors (Lipinski definition) is 2. The van der Waals surface area contributed by atoms with Gasteiger partial charge in [-0.3, -0.25) is 4.79 Å². The van der Waals surface area contributed by atoms with Crippen LogP contribution in [-0.4, -0.2) is 23.1 Å². The van der Waals surface area contributed by atoms with Crippen LogP contribution < -0.4 is 11.1 Å². The predicted octanol–water partition coefficient (Wildman–Crippen LogP) is 1.70. The maximum atomic E-state index is 11.8. The molecule has 3 aliphatic rings. The van der Waals surface area contributed by atoms with E-state index in [4.69, 9.17) is 10.5 Å². The van der Waals surface area contributed by atoms with Crippen LogP contribution in [-0.2, 0) is 9.53 Å². The van der Waals surface area contributed by atoms with E-state index in [-0.39, 0.29) is 16.9 Å². The van der Waals surface area contributed by atoms with Crippen LogP contribution in [0.15, 0.2) is 0 Å². The summed E-state index contributed by atoms with van der Waals surface area (Å²) in [5.74, 6) is -0.233. The largest absolute Gasteiger partial charge is 0.444 e. The average molecular weight is 254 g/mol. The van der Waals surface area contributed by atoms with E-state index in [0.29, 0.717) is 12.8 Å². The summed E-state index contributed by atoms with van der Waals surface area (Å²) in [4.78, 5) is 23.2. The molecule has 0 saturated heterocycles. The quantitative estimate of drug-likeness (QED) is 0.787. The number of amides is 2. The van der Waals surface area contributed by atoms with Gasteiger partial charge in [0, 0.05) is 5.54 Å². The van der Waals surface area contributed by atoms with Crippen LogP contribution in [0.25, 0.3) is 0 Å². The number of carbonyl (C=O) groups excluding carboxylic acids is 2. The van der Waals surface area contributed by atoms with Crippen molar-refractivity contribution in [1.82, 2.24) is 5.32 Å². The molecule has 0 heterocycles. The van der Waals surface area contributed by atoms with Gasteiger partial charge in [0.25, 0.3) is 0 Å². The molecule has 0 aromatic carbocycles. The number of ether oxygens (including phenoxy) is 1. The highest BCUT2D eigenvalue weighted by atomic mass is 16.6. The number of carbonyl (C=O) groups is 2. The molecular weight excluding hydrogens is 232 g/mol. The first-order valence-corrected chi connectivity index (χ1v) is 6.48. The highest BCUT2D eigenvalue weighted by Crippen LogP contribution is 2.58. The summed E-state index contributed by atoms with van der Waals surface area (Å²) >= 11 is 0. The van der Waals surface area contributed by atoms with Crippen molar-refractivity contribution >= 4 is 12.0 Å². The molecule has 5 nitrogen and oxygen atoms in total. The summed E-state index contributed by atoms with van der Waals surface area (Å²) in [6.45, 7) is 5.50. The Morgan fingerprint density at radius 3 is 2.33 bits per heavy atom. The summed E-state index contributed by atoms with van der Waals surface area (Å²) < 4.78 is 5.26. The van der Waals surface area contributed by atoms with Crippen molar-refractivity contribution in [2.75, 3.05) is 0 Å². The molecule has 102 valence electrons. The Balaban J connectivity index is 1.96. The molecule has 2 amide bonds. The molecule has 18 heavy (non-hydrogen) atoms. The second-order valence-corrected chi connectivity index (χ2v) is 6.76. The van der Waals surface area contributed by atoms with Gasteiger partial charge in [-0.25, -0.2) is 4.79 Å². The standard InChI is InChI=1S/C13H22N2O3/c1-11(2,3)18-10(17)15-13-6-4-5-12(7-13,8-13)9(14)16/h4-8H2,1-3H3,(H2,14,16)(H,15,17). The van der Waals surface area contributed by atoms with Gasteiger partial charge in [0.2, 0.25) is 5.91 Å². The van der Waals surface area contributed by atoms with Crippen molar-refractivity contribution < 1.29 is 14.3 Å². The summed E-state index contributed by atoms with van der Waals surface area (Å²) in [6.07, 6.45) is 3.60. The molecule has 0 aromatic rings. The fourth-order valence-corrected chi connectivity index (χ4v) is 3.33. The van der Waals surface area contributed by atoms with Crippen molar-refractivity contribution in [2.24, 2.45) is 11.1 Å². The number of hydrogen-bond acceptors (Lipinski definition) is 3. The maximum Gasteiger partial charge on any atom is 0.408 e. The summed E-state index contributed by atoms with van der Waals surface area (Å²) in [5, 5.41) is 2.93. The second kappa shape index (κ2) is 3.87. The Bertz CT molecular complexity index is 378. The molecule has 0 atom stereocenters. The van der Waals surface area contributed by atoms with Crippen molar-refractivity contribution in [1.29, 1.82) is 0 Å².